The summed E-state index contributed by atoms with van der Waals surface area (Å²) in [6, 6.07) is 12.4. The van der Waals surface area contributed by atoms with Crippen molar-refractivity contribution in [2.45, 2.75) is 13.8 Å². The van der Waals surface area contributed by atoms with Gasteiger partial charge in [0.25, 0.3) is 0 Å². The Morgan fingerprint density at radius 2 is 2.09 bits per heavy atom. The van der Waals surface area contributed by atoms with Crippen LogP contribution in [-0.4, -0.2) is 23.8 Å². The van der Waals surface area contributed by atoms with E-state index in [1.807, 2.05) is 13.0 Å². The van der Waals surface area contributed by atoms with Gasteiger partial charge in [0.05, 0.1) is 12.3 Å². The molecule has 0 unspecified atom stereocenters. The topological polar surface area (TPSA) is 70.9 Å². The minimum atomic E-state index is -0.136. The number of rotatable bonds is 5. The zero-order chi connectivity index (χ0) is 15.9. The van der Waals surface area contributed by atoms with Crippen molar-refractivity contribution in [3.63, 3.8) is 0 Å². The maximum atomic E-state index is 11.1. The van der Waals surface area contributed by atoms with E-state index in [1.165, 1.54) is 6.92 Å². The third kappa shape index (κ3) is 4.09. The molecule has 0 aliphatic heterocycles. The fourth-order valence-electron chi connectivity index (χ4n) is 1.93. The van der Waals surface area contributed by atoms with Crippen LogP contribution in [0.4, 0.5) is 11.4 Å². The van der Waals surface area contributed by atoms with E-state index < -0.39 is 0 Å². The van der Waals surface area contributed by atoms with Crippen LogP contribution < -0.4 is 10.1 Å². The highest BCUT2D eigenvalue weighted by atomic mass is 16.5. The molecule has 1 amide bonds. The first-order valence-electron chi connectivity index (χ1n) is 6.96. The summed E-state index contributed by atoms with van der Waals surface area (Å²) in [5.74, 6) is 0.354. The summed E-state index contributed by atoms with van der Waals surface area (Å²) < 4.78 is 5.33. The van der Waals surface area contributed by atoms with E-state index >= 15 is 0 Å². The first kappa shape index (κ1) is 15.6. The van der Waals surface area contributed by atoms with Crippen LogP contribution in [0, 0.1) is 0 Å². The number of hydrogen-bond donors (Lipinski definition) is 2. The van der Waals surface area contributed by atoms with Crippen LogP contribution in [0.25, 0.3) is 0 Å². The van der Waals surface area contributed by atoms with Crippen molar-refractivity contribution in [2.24, 2.45) is 4.99 Å². The molecular weight excluding hydrogens is 280 g/mol. The summed E-state index contributed by atoms with van der Waals surface area (Å²) >= 11 is 0. The molecule has 0 heterocycles. The number of amides is 1. The Bertz CT molecular complexity index is 696. The molecule has 2 rings (SSSR count). The highest BCUT2D eigenvalue weighted by Gasteiger charge is 2.05. The van der Waals surface area contributed by atoms with Crippen molar-refractivity contribution in [3.8, 4) is 11.5 Å². The molecule has 0 atom stereocenters. The molecule has 0 bridgehead atoms. The second-order valence-corrected chi connectivity index (χ2v) is 4.62. The lowest BCUT2D eigenvalue weighted by Crippen LogP contribution is -2.05. The Kier molecular flexibility index (Phi) is 5.14. The van der Waals surface area contributed by atoms with E-state index in [2.05, 4.69) is 10.3 Å². The van der Waals surface area contributed by atoms with E-state index in [9.17, 15) is 9.90 Å². The SMILES string of the molecule is CCOc1cccc(C=Nc2cccc(NC(C)=O)c2)c1O. The number of aliphatic imine (C=N–C) groups is 1. The molecule has 5 heteroatoms. The van der Waals surface area contributed by atoms with Gasteiger partial charge in [-0.25, -0.2) is 0 Å². The smallest absolute Gasteiger partial charge is 0.221 e. The molecule has 2 aromatic rings. The van der Waals surface area contributed by atoms with Gasteiger partial charge in [0, 0.05) is 24.4 Å². The molecular formula is C17H18N2O3. The zero-order valence-electron chi connectivity index (χ0n) is 12.5. The van der Waals surface area contributed by atoms with E-state index in [1.54, 1.807) is 42.6 Å². The minimum Gasteiger partial charge on any atom is -0.504 e. The molecule has 0 aliphatic carbocycles. The highest BCUT2D eigenvalue weighted by Crippen LogP contribution is 2.29. The molecule has 0 spiro atoms. The molecule has 0 radical (unpaired) electrons. The van der Waals surface area contributed by atoms with E-state index in [4.69, 9.17) is 4.74 Å². The number of hydrogen-bond acceptors (Lipinski definition) is 4. The van der Waals surface area contributed by atoms with Crippen LogP contribution in [-0.2, 0) is 4.79 Å². The van der Waals surface area contributed by atoms with Crippen LogP contribution in [0.1, 0.15) is 19.4 Å². The van der Waals surface area contributed by atoms with E-state index in [0.29, 0.717) is 29.3 Å². The predicted molar refractivity (Wildman–Crippen MR) is 87.3 cm³/mol. The second-order valence-electron chi connectivity index (χ2n) is 4.62. The number of anilines is 1. The number of carbonyl (C=O) groups is 1. The minimum absolute atomic E-state index is 0.0612. The summed E-state index contributed by atoms with van der Waals surface area (Å²) in [6.07, 6.45) is 1.56. The lowest BCUT2D eigenvalue weighted by atomic mass is 10.2. The van der Waals surface area contributed by atoms with Gasteiger partial charge in [-0.3, -0.25) is 9.79 Å². The summed E-state index contributed by atoms with van der Waals surface area (Å²) in [6.45, 7) is 3.79. The number of aromatic hydroxyl groups is 1. The molecule has 0 saturated heterocycles. The van der Waals surface area contributed by atoms with Gasteiger partial charge in [-0.15, -0.1) is 0 Å². The Hall–Kier alpha value is -2.82. The summed E-state index contributed by atoms with van der Waals surface area (Å²) in [4.78, 5) is 15.4. The summed E-state index contributed by atoms with van der Waals surface area (Å²) in [7, 11) is 0. The molecule has 5 nitrogen and oxygen atoms in total. The monoisotopic (exact) mass is 298 g/mol. The number of phenolic OH excluding ortho intramolecular Hbond substituents is 1. The van der Waals surface area contributed by atoms with Crippen LogP contribution in [0.5, 0.6) is 11.5 Å². The molecule has 0 aliphatic rings. The van der Waals surface area contributed by atoms with Gasteiger partial charge in [-0.2, -0.15) is 0 Å². The predicted octanol–water partition coefficient (Wildman–Crippen LogP) is 3.50. The lowest BCUT2D eigenvalue weighted by Gasteiger charge is -2.07. The normalized spacial score (nSPS) is 10.6. The Morgan fingerprint density at radius 3 is 2.82 bits per heavy atom. The Morgan fingerprint density at radius 1 is 1.32 bits per heavy atom. The van der Waals surface area contributed by atoms with Crippen molar-refractivity contribution >= 4 is 23.5 Å². The molecule has 0 saturated carbocycles. The van der Waals surface area contributed by atoms with Crippen molar-refractivity contribution in [1.82, 2.24) is 0 Å². The van der Waals surface area contributed by atoms with Crippen molar-refractivity contribution in [2.75, 3.05) is 11.9 Å². The fourth-order valence-corrected chi connectivity index (χ4v) is 1.93. The third-order valence-corrected chi connectivity index (χ3v) is 2.85. The average Bonchev–Trinajstić information content (AvgIpc) is 2.48. The third-order valence-electron chi connectivity index (χ3n) is 2.85. The molecule has 0 fully saturated rings. The highest BCUT2D eigenvalue weighted by molar-refractivity contribution is 5.90. The fraction of sp³-hybridized carbons (Fsp3) is 0.176. The van der Waals surface area contributed by atoms with Crippen molar-refractivity contribution < 1.29 is 14.6 Å². The summed E-state index contributed by atoms with van der Waals surface area (Å²) in [5.41, 5.74) is 1.91. The number of carbonyl (C=O) groups excluding carboxylic acids is 1. The average molecular weight is 298 g/mol. The Balaban J connectivity index is 2.21. The number of benzene rings is 2. The van der Waals surface area contributed by atoms with E-state index in [-0.39, 0.29) is 11.7 Å². The van der Waals surface area contributed by atoms with E-state index in [0.717, 1.165) is 0 Å². The molecule has 0 aromatic heterocycles. The maximum absolute atomic E-state index is 11.1. The molecule has 114 valence electrons. The zero-order valence-corrected chi connectivity index (χ0v) is 12.5. The largest absolute Gasteiger partial charge is 0.504 e. The maximum Gasteiger partial charge on any atom is 0.221 e. The van der Waals surface area contributed by atoms with Gasteiger partial charge in [0.15, 0.2) is 11.5 Å². The Labute approximate surface area is 129 Å². The van der Waals surface area contributed by atoms with Gasteiger partial charge in [-0.05, 0) is 37.3 Å². The van der Waals surface area contributed by atoms with Crippen LogP contribution in [0.3, 0.4) is 0 Å². The lowest BCUT2D eigenvalue weighted by molar-refractivity contribution is -0.114. The number of ether oxygens (including phenoxy) is 1. The van der Waals surface area contributed by atoms with Crippen molar-refractivity contribution in [3.05, 3.63) is 48.0 Å². The number of para-hydroxylation sites is 1. The van der Waals surface area contributed by atoms with Gasteiger partial charge < -0.3 is 15.2 Å². The number of nitrogens with zero attached hydrogens (tertiary/aromatic N) is 1. The van der Waals surface area contributed by atoms with Crippen LogP contribution in [0.2, 0.25) is 0 Å². The van der Waals surface area contributed by atoms with Gasteiger partial charge in [-0.1, -0.05) is 12.1 Å². The first-order chi connectivity index (χ1) is 10.6. The molecule has 2 aromatic carbocycles. The number of phenols is 1. The first-order valence-corrected chi connectivity index (χ1v) is 6.96. The molecule has 22 heavy (non-hydrogen) atoms. The van der Waals surface area contributed by atoms with Crippen LogP contribution in [0.15, 0.2) is 47.5 Å². The number of nitrogens with one attached hydrogen (secondary N) is 1. The van der Waals surface area contributed by atoms with Crippen LogP contribution >= 0.6 is 0 Å². The second kappa shape index (κ2) is 7.26. The summed E-state index contributed by atoms with van der Waals surface area (Å²) in [5, 5.41) is 12.8. The standard InChI is InChI=1S/C17H18N2O3/c1-3-22-16-9-4-6-13(17(16)21)11-18-14-7-5-8-15(10-14)19-12(2)20/h4-11,21H,3H2,1-2H3,(H,19,20). The van der Waals surface area contributed by atoms with Crippen molar-refractivity contribution in [1.29, 1.82) is 0 Å². The van der Waals surface area contributed by atoms with Gasteiger partial charge in [0.1, 0.15) is 0 Å². The molecule has 2 N–H and O–H groups in total. The van der Waals surface area contributed by atoms with Gasteiger partial charge in [0.2, 0.25) is 5.91 Å². The van der Waals surface area contributed by atoms with Gasteiger partial charge >= 0.3 is 0 Å². The quantitative estimate of drug-likeness (QED) is 0.830.